The Bertz CT molecular complexity index is 949. The maximum atomic E-state index is 11.6. The van der Waals surface area contributed by atoms with Crippen molar-refractivity contribution < 1.29 is 38.4 Å². The quantitative estimate of drug-likeness (QED) is 0.549. The van der Waals surface area contributed by atoms with Gasteiger partial charge in [0, 0.05) is 17.2 Å². The highest BCUT2D eigenvalue weighted by atomic mass is 35.7. The van der Waals surface area contributed by atoms with Crippen molar-refractivity contribution in [1.82, 2.24) is 0 Å². The molecule has 0 spiro atoms. The molecule has 0 bridgehead atoms. The number of benzene rings is 1. The van der Waals surface area contributed by atoms with E-state index in [1.807, 2.05) is 6.07 Å². The molecular weight excluding hydrogens is 375 g/mol. The summed E-state index contributed by atoms with van der Waals surface area (Å²) in [5.74, 6) is 0.0951. The van der Waals surface area contributed by atoms with Gasteiger partial charge in [0.1, 0.15) is 5.56 Å². The second-order valence-corrected chi connectivity index (χ2v) is 5.90. The topological polar surface area (TPSA) is 141 Å². The van der Waals surface area contributed by atoms with E-state index in [-0.39, 0.29) is 5.75 Å². The van der Waals surface area contributed by atoms with Gasteiger partial charge in [-0.15, -0.1) is 10.2 Å². The van der Waals surface area contributed by atoms with Gasteiger partial charge in [-0.25, -0.2) is 23.1 Å². The third kappa shape index (κ3) is 5.64. The average Bonchev–Trinajstić information content (AvgIpc) is 2.67. The van der Waals surface area contributed by atoms with E-state index < -0.39 is 15.7 Å². The van der Waals surface area contributed by atoms with Crippen molar-refractivity contribution in [2.75, 3.05) is 0 Å². The predicted molar refractivity (Wildman–Crippen MR) is 79.0 cm³/mol. The second-order valence-electron chi connectivity index (χ2n) is 4.70. The summed E-state index contributed by atoms with van der Waals surface area (Å²) >= 11 is 5.92. The Kier molecular flexibility index (Phi) is 5.91. The van der Waals surface area contributed by atoms with E-state index in [0.29, 0.717) is 21.9 Å². The van der Waals surface area contributed by atoms with Crippen LogP contribution in [0, 0.1) is 10.2 Å². The van der Waals surface area contributed by atoms with Crippen LogP contribution in [0.3, 0.4) is 0 Å². The number of fused-ring (bicyclic) bond motifs is 1. The standard InChI is InChI=1S/C16H9ClO3.ClHO4/c17-11-6-8-14-10(9-11)5-7-15(20-14)12-3-1-2-4-13(18)16(12)19;2-1(3,4)5/h1-9H;(H,2,3,4,5). The summed E-state index contributed by atoms with van der Waals surface area (Å²) in [5, 5.41) is 11.4. The third-order valence-corrected chi connectivity index (χ3v) is 3.22. The molecule has 0 fully saturated rings. The van der Waals surface area contributed by atoms with E-state index in [2.05, 4.69) is 0 Å². The van der Waals surface area contributed by atoms with E-state index >= 15 is 0 Å². The molecule has 2 aromatic carbocycles. The van der Waals surface area contributed by atoms with Crippen molar-refractivity contribution >= 4 is 22.6 Å². The van der Waals surface area contributed by atoms with Gasteiger partial charge in [-0.3, -0.25) is 4.79 Å². The fraction of sp³-hybridized carbons (Fsp3) is 0. The fourth-order valence-electron chi connectivity index (χ4n) is 1.99. The van der Waals surface area contributed by atoms with Gasteiger partial charge in [-0.1, -0.05) is 23.7 Å². The van der Waals surface area contributed by atoms with Crippen molar-refractivity contribution in [2.45, 2.75) is 0 Å². The van der Waals surface area contributed by atoms with Crippen LogP contribution < -0.4 is 24.1 Å². The molecule has 0 aliphatic carbocycles. The third-order valence-electron chi connectivity index (χ3n) is 2.98. The normalized spacial score (nSPS) is 10.9. The maximum absolute atomic E-state index is 11.6. The van der Waals surface area contributed by atoms with E-state index in [1.165, 1.54) is 6.07 Å². The Morgan fingerprint density at radius 2 is 1.60 bits per heavy atom. The fourth-order valence-corrected chi connectivity index (χ4v) is 2.17. The molecule has 0 aliphatic rings. The molecule has 3 rings (SSSR count). The van der Waals surface area contributed by atoms with Crippen molar-refractivity contribution in [3.63, 3.8) is 0 Å². The highest BCUT2D eigenvalue weighted by Crippen LogP contribution is 2.29. The van der Waals surface area contributed by atoms with Gasteiger partial charge < -0.3 is 5.11 Å². The summed E-state index contributed by atoms with van der Waals surface area (Å²) in [6, 6.07) is 15.0. The monoisotopic (exact) mass is 384 g/mol. The summed E-state index contributed by atoms with van der Waals surface area (Å²) < 4.78 is 39.7. The lowest BCUT2D eigenvalue weighted by atomic mass is 10.1. The van der Waals surface area contributed by atoms with Gasteiger partial charge >= 0.3 is 11.3 Å². The molecule has 0 unspecified atom stereocenters. The first-order valence-corrected chi connectivity index (χ1v) is 8.23. The molecule has 1 aromatic heterocycles. The lowest BCUT2D eigenvalue weighted by Crippen LogP contribution is -2.68. The minimum absolute atomic E-state index is 0.327. The minimum Gasteiger partial charge on any atom is -0.503 e. The average molecular weight is 385 g/mol. The summed E-state index contributed by atoms with van der Waals surface area (Å²) in [4.78, 5) is 11.6. The first kappa shape index (κ1) is 19.1. The smallest absolute Gasteiger partial charge is 0.364 e. The van der Waals surface area contributed by atoms with Crippen LogP contribution in [0.15, 0.2) is 63.8 Å². The molecule has 1 N–H and O–H groups in total. The molecule has 0 amide bonds. The number of aromatic hydroxyl groups is 1. The Morgan fingerprint density at radius 3 is 2.28 bits per heavy atom. The highest BCUT2D eigenvalue weighted by Gasteiger charge is 2.18. The van der Waals surface area contributed by atoms with Crippen LogP contribution in [-0.2, 0) is 0 Å². The van der Waals surface area contributed by atoms with Crippen LogP contribution in [0.4, 0.5) is 0 Å². The Morgan fingerprint density at radius 1 is 0.960 bits per heavy atom. The molecular formula is C16H10Cl2O7. The number of hydrogen-bond acceptors (Lipinski definition) is 6. The molecule has 0 saturated heterocycles. The lowest BCUT2D eigenvalue weighted by molar-refractivity contribution is -2.00. The van der Waals surface area contributed by atoms with Crippen LogP contribution >= 0.6 is 11.6 Å². The minimum atomic E-state index is -4.94. The molecule has 0 atom stereocenters. The number of hydrogen-bond donors (Lipinski definition) is 1. The summed E-state index contributed by atoms with van der Waals surface area (Å²) in [7, 11) is -4.94. The van der Waals surface area contributed by atoms with Crippen LogP contribution in [0.25, 0.3) is 22.3 Å². The molecule has 9 heteroatoms. The first-order chi connectivity index (χ1) is 11.6. The van der Waals surface area contributed by atoms with Crippen LogP contribution in [0.2, 0.25) is 5.02 Å². The summed E-state index contributed by atoms with van der Waals surface area (Å²) in [5.41, 5.74) is 0.540. The molecule has 3 aromatic rings. The Hall–Kier alpha value is -2.26. The van der Waals surface area contributed by atoms with Gasteiger partial charge in [0.25, 0.3) is 0 Å². The van der Waals surface area contributed by atoms with Crippen molar-refractivity contribution in [2.24, 2.45) is 0 Å². The lowest BCUT2D eigenvalue weighted by Gasteiger charge is -2.17. The van der Waals surface area contributed by atoms with Crippen LogP contribution in [-0.4, -0.2) is 5.11 Å². The molecule has 0 saturated carbocycles. The summed E-state index contributed by atoms with van der Waals surface area (Å²) in [6.45, 7) is 0. The number of halogens is 2. The molecule has 0 aliphatic heterocycles. The molecule has 1 heterocycles. The summed E-state index contributed by atoms with van der Waals surface area (Å²) in [6.07, 6.45) is 0. The first-order valence-electron chi connectivity index (χ1n) is 6.62. The van der Waals surface area contributed by atoms with E-state index in [9.17, 15) is 9.90 Å². The van der Waals surface area contributed by atoms with E-state index in [1.54, 1.807) is 42.5 Å². The molecule has 130 valence electrons. The highest BCUT2D eigenvalue weighted by molar-refractivity contribution is 6.31. The zero-order valence-corrected chi connectivity index (χ0v) is 13.9. The van der Waals surface area contributed by atoms with Gasteiger partial charge in [0.05, 0.1) is 5.39 Å². The SMILES string of the molecule is O=c1ccccc(-c2ccc3cc(Cl)ccc3[o+]2)c1O.[O-][Cl+3]([O-])([O-])[O-]. The zero-order chi connectivity index (χ0) is 18.6. The largest absolute Gasteiger partial charge is 0.503 e. The van der Waals surface area contributed by atoms with Gasteiger partial charge in [0.15, 0.2) is 5.75 Å². The maximum Gasteiger partial charge on any atom is 0.364 e. The van der Waals surface area contributed by atoms with Gasteiger partial charge in [-0.05, 0) is 30.3 Å². The predicted octanol–water partition coefficient (Wildman–Crippen LogP) is -0.656. The zero-order valence-electron chi connectivity index (χ0n) is 12.3. The Balaban J connectivity index is 0.000000399. The van der Waals surface area contributed by atoms with Crippen molar-refractivity contribution in [3.05, 3.63) is 69.8 Å². The Labute approximate surface area is 148 Å². The van der Waals surface area contributed by atoms with Crippen molar-refractivity contribution in [1.29, 1.82) is 0 Å². The second kappa shape index (κ2) is 7.75. The molecule has 25 heavy (non-hydrogen) atoms. The van der Waals surface area contributed by atoms with Crippen LogP contribution in [0.1, 0.15) is 0 Å². The number of rotatable bonds is 1. The van der Waals surface area contributed by atoms with Crippen molar-refractivity contribution in [3.8, 4) is 17.1 Å². The van der Waals surface area contributed by atoms with Gasteiger partial charge in [0.2, 0.25) is 5.43 Å². The van der Waals surface area contributed by atoms with Crippen LogP contribution in [0.5, 0.6) is 5.75 Å². The van der Waals surface area contributed by atoms with E-state index in [4.69, 9.17) is 34.7 Å². The molecule has 0 radical (unpaired) electrons. The van der Waals surface area contributed by atoms with E-state index in [0.717, 1.165) is 5.39 Å². The van der Waals surface area contributed by atoms with Gasteiger partial charge in [-0.2, -0.15) is 0 Å². The molecule has 7 nitrogen and oxygen atoms in total.